The smallest absolute Gasteiger partial charge is 0.508 e. The van der Waals surface area contributed by atoms with Crippen molar-refractivity contribution in [2.75, 3.05) is 0 Å². The topological polar surface area (TPSA) is 40.5 Å². The molecule has 4 heteroatoms. The summed E-state index contributed by atoms with van der Waals surface area (Å²) in [6, 6.07) is 11.4. The van der Waals surface area contributed by atoms with Crippen LogP contribution in [0.15, 0.2) is 70.1 Å². The zero-order valence-electron chi connectivity index (χ0n) is 35.1. The molecule has 0 spiro atoms. The Hall–Kier alpha value is -1.90. The molecule has 2 aromatic carbocycles. The molecule has 2 aliphatic rings. The van der Waals surface area contributed by atoms with E-state index in [1.54, 1.807) is 33.7 Å². The second-order valence-corrected chi connectivity index (χ2v) is 22.7. The van der Waals surface area contributed by atoms with E-state index in [9.17, 15) is 10.2 Å². The third kappa shape index (κ3) is 11.6. The number of phenols is 2. The van der Waals surface area contributed by atoms with Gasteiger partial charge in [0.25, 0.3) is 0 Å². The van der Waals surface area contributed by atoms with Gasteiger partial charge in [0, 0.05) is 8.07 Å². The number of allylic oxidation sites excluding steroid dienone is 8. The Balaban J connectivity index is 0.000000418. The number of hydrogen-bond acceptors (Lipinski definition) is 2. The summed E-state index contributed by atoms with van der Waals surface area (Å²) in [6.45, 7) is 40.5. The first kappa shape index (κ1) is 46.1. The van der Waals surface area contributed by atoms with Crippen LogP contribution in [0.3, 0.4) is 0 Å². The van der Waals surface area contributed by atoms with Gasteiger partial charge in [-0.15, -0.1) is 0 Å². The van der Waals surface area contributed by atoms with Crippen LogP contribution in [0.2, 0.25) is 13.1 Å². The summed E-state index contributed by atoms with van der Waals surface area (Å²) in [5.74, 6) is 1.67. The van der Waals surface area contributed by atoms with E-state index in [0.717, 1.165) is 11.1 Å². The van der Waals surface area contributed by atoms with E-state index in [0.29, 0.717) is 23.3 Å². The van der Waals surface area contributed by atoms with Crippen LogP contribution in [0.1, 0.15) is 132 Å². The molecule has 4 rings (SSSR count). The molecule has 0 bridgehead atoms. The Labute approximate surface area is 328 Å². The van der Waals surface area contributed by atoms with Gasteiger partial charge in [0.2, 0.25) is 0 Å². The van der Waals surface area contributed by atoms with Gasteiger partial charge in [-0.25, -0.2) is 10.4 Å². The fraction of sp³-hybridized carbons (Fsp3) is 0.565. The van der Waals surface area contributed by atoms with Crippen molar-refractivity contribution < 1.29 is 36.4 Å². The van der Waals surface area contributed by atoms with Gasteiger partial charge in [-0.1, -0.05) is 181 Å². The average Bonchev–Trinajstić information content (AvgIpc) is 3.60. The number of hydrogen-bond donors (Lipinski definition) is 2. The van der Waals surface area contributed by atoms with Crippen LogP contribution < -0.4 is 0 Å². The molecule has 0 radical (unpaired) electrons. The molecule has 0 amide bonds. The van der Waals surface area contributed by atoms with Crippen molar-refractivity contribution >= 4 is 8.07 Å². The van der Waals surface area contributed by atoms with Crippen LogP contribution in [-0.4, -0.2) is 18.3 Å². The fourth-order valence-corrected chi connectivity index (χ4v) is 10.1. The van der Waals surface area contributed by atoms with Crippen LogP contribution in [0.4, 0.5) is 0 Å². The molecule has 2 aliphatic carbocycles. The van der Waals surface area contributed by atoms with E-state index in [2.05, 4.69) is 134 Å². The first-order valence-electron chi connectivity index (χ1n) is 18.5. The van der Waals surface area contributed by atoms with Gasteiger partial charge in [0.05, 0.1) is 0 Å². The molecule has 2 unspecified atom stereocenters. The Bertz CT molecular complexity index is 1470. The molecular formula is C46H70O2SiZr. The minimum Gasteiger partial charge on any atom is -0.508 e. The Morgan fingerprint density at radius 3 is 1.14 bits per heavy atom. The molecule has 0 heterocycles. The van der Waals surface area contributed by atoms with Crippen molar-refractivity contribution in [2.45, 2.75) is 148 Å². The minimum atomic E-state index is -1.82. The van der Waals surface area contributed by atoms with Crippen molar-refractivity contribution in [3.63, 3.8) is 0 Å². The van der Waals surface area contributed by atoms with Gasteiger partial charge < -0.3 is 10.2 Å². The molecular weight excluding hydrogens is 704 g/mol. The predicted octanol–water partition coefficient (Wildman–Crippen LogP) is 13.3. The normalized spacial score (nSPS) is 18.0. The Morgan fingerprint density at radius 2 is 0.900 bits per heavy atom. The standard InChI is InChI=1S/C24H38Si.2C11H16O.Zr/c1-11-23(5,6)19-13-17(3)15-21(19)25(9,10)22-16-18(4)14-20(22)24(7,8)12-2;2*1-8-5-6-10(12)9(7-8)11(2,3)4;/h13-14,17-18H,11-12H2,1-10H3;2*5-7,12H,1-4H3;/q-2;;;+2. The summed E-state index contributed by atoms with van der Waals surface area (Å²) in [4.78, 5) is 0. The van der Waals surface area contributed by atoms with E-state index in [1.165, 1.54) is 24.0 Å². The average molecular weight is 774 g/mol. The predicted molar refractivity (Wildman–Crippen MR) is 217 cm³/mol. The number of aryl methyl sites for hydroxylation is 2. The monoisotopic (exact) mass is 772 g/mol. The maximum absolute atomic E-state index is 9.57. The van der Waals surface area contributed by atoms with Crippen molar-refractivity contribution in [3.8, 4) is 11.5 Å². The van der Waals surface area contributed by atoms with Gasteiger partial charge in [-0.3, -0.25) is 12.2 Å². The summed E-state index contributed by atoms with van der Waals surface area (Å²) < 4.78 is 0. The summed E-state index contributed by atoms with van der Waals surface area (Å²) >= 11 is 0. The Morgan fingerprint density at radius 1 is 0.600 bits per heavy atom. The molecule has 2 aromatic rings. The number of benzene rings is 2. The maximum atomic E-state index is 9.57. The summed E-state index contributed by atoms with van der Waals surface area (Å²) in [6.07, 6.45) is 15.0. The van der Waals surface area contributed by atoms with Crippen LogP contribution >= 0.6 is 0 Å². The van der Waals surface area contributed by atoms with Gasteiger partial charge in [0.15, 0.2) is 0 Å². The molecule has 2 atom stereocenters. The minimum absolute atomic E-state index is 0. The second kappa shape index (κ2) is 17.3. The van der Waals surface area contributed by atoms with Crippen LogP contribution in [0.25, 0.3) is 0 Å². The Kier molecular flexibility index (Phi) is 15.9. The molecule has 0 saturated carbocycles. The van der Waals surface area contributed by atoms with Crippen LogP contribution in [-0.2, 0) is 37.0 Å². The maximum Gasteiger partial charge on any atom is 2.00 e. The molecule has 2 N–H and O–H groups in total. The molecule has 0 aliphatic heterocycles. The molecule has 0 aromatic heterocycles. The van der Waals surface area contributed by atoms with Crippen LogP contribution in [0, 0.1) is 48.7 Å². The van der Waals surface area contributed by atoms with Crippen molar-refractivity contribution in [3.05, 3.63) is 104 Å². The van der Waals surface area contributed by atoms with E-state index in [4.69, 9.17) is 0 Å². The largest absolute Gasteiger partial charge is 2.00 e. The zero-order chi connectivity index (χ0) is 37.9. The third-order valence-corrected chi connectivity index (χ3v) is 13.8. The quantitative estimate of drug-likeness (QED) is 0.227. The number of aromatic hydroxyl groups is 2. The third-order valence-electron chi connectivity index (χ3n) is 10.5. The summed E-state index contributed by atoms with van der Waals surface area (Å²) in [5, 5.41) is 22.2. The number of rotatable bonds is 6. The first-order valence-corrected chi connectivity index (χ1v) is 21.5. The molecule has 2 nitrogen and oxygen atoms in total. The summed E-state index contributed by atoms with van der Waals surface area (Å²) in [5.41, 5.74) is 8.04. The van der Waals surface area contributed by atoms with E-state index >= 15 is 0 Å². The van der Waals surface area contributed by atoms with E-state index in [-0.39, 0.29) is 47.9 Å². The van der Waals surface area contributed by atoms with Crippen molar-refractivity contribution in [2.24, 2.45) is 22.7 Å². The van der Waals surface area contributed by atoms with E-state index < -0.39 is 8.07 Å². The van der Waals surface area contributed by atoms with Gasteiger partial charge in [-0.2, -0.15) is 23.3 Å². The first-order chi connectivity index (χ1) is 22.2. The van der Waals surface area contributed by atoms with Gasteiger partial charge in [-0.05, 0) is 47.9 Å². The van der Waals surface area contributed by atoms with Gasteiger partial charge >= 0.3 is 26.2 Å². The SMILES string of the molecule is CCC(C)(C)C1=CC(C)[C-]=C1[Si](C)(C)C1=[C-]C(C)C=C1C(C)(C)CC.Cc1ccc(O)c(C(C)(C)C)c1.Cc1ccc(O)c(C(C)(C)C)c1.[Zr+2]. The van der Waals surface area contributed by atoms with Crippen molar-refractivity contribution in [1.29, 1.82) is 0 Å². The van der Waals surface area contributed by atoms with Crippen LogP contribution in [0.5, 0.6) is 11.5 Å². The molecule has 0 fully saturated rings. The fourth-order valence-electron chi connectivity index (χ4n) is 6.53. The van der Waals surface area contributed by atoms with Gasteiger partial charge in [0.1, 0.15) is 11.5 Å². The molecule has 50 heavy (non-hydrogen) atoms. The van der Waals surface area contributed by atoms with Crippen molar-refractivity contribution in [1.82, 2.24) is 0 Å². The summed E-state index contributed by atoms with van der Waals surface area (Å²) in [7, 11) is -1.82. The molecule has 0 saturated heterocycles. The molecule has 274 valence electrons. The second-order valence-electron chi connectivity index (χ2n) is 18.4. The zero-order valence-corrected chi connectivity index (χ0v) is 38.5. The number of phenolic OH excluding ortho intramolecular Hbond substituents is 2. The van der Waals surface area contributed by atoms with E-state index in [1.807, 2.05) is 38.1 Å².